The van der Waals surface area contributed by atoms with Crippen LogP contribution in [0.25, 0.3) is 0 Å². The van der Waals surface area contributed by atoms with Gasteiger partial charge in [0, 0.05) is 23.4 Å². The van der Waals surface area contributed by atoms with Crippen LogP contribution in [-0.4, -0.2) is 39.1 Å². The number of nitrogens with one attached hydrogen (secondary N) is 2. The second-order valence-corrected chi connectivity index (χ2v) is 8.88. The van der Waals surface area contributed by atoms with E-state index >= 15 is 0 Å². The summed E-state index contributed by atoms with van der Waals surface area (Å²) in [7, 11) is 0. The lowest BCUT2D eigenvalue weighted by atomic mass is 9.95. The van der Waals surface area contributed by atoms with Gasteiger partial charge < -0.3 is 19.9 Å². The van der Waals surface area contributed by atoms with Crippen molar-refractivity contribution in [3.05, 3.63) is 53.0 Å². The molecular formula is C22H27N5O3S. The van der Waals surface area contributed by atoms with E-state index in [4.69, 9.17) is 4.74 Å². The molecule has 1 unspecified atom stereocenters. The zero-order valence-electron chi connectivity index (χ0n) is 17.9. The molecule has 0 radical (unpaired) electrons. The van der Waals surface area contributed by atoms with Crippen molar-refractivity contribution in [1.29, 1.82) is 0 Å². The Kier molecular flexibility index (Phi) is 6.31. The molecule has 8 nitrogen and oxygen atoms in total. The maximum atomic E-state index is 12.9. The number of hydrogen-bond acceptors (Lipinski definition) is 6. The molecule has 0 spiro atoms. The molecule has 4 rings (SSSR count). The molecule has 1 saturated carbocycles. The Morgan fingerprint density at radius 2 is 2.00 bits per heavy atom. The first kappa shape index (κ1) is 21.4. The van der Waals surface area contributed by atoms with Gasteiger partial charge in [-0.3, -0.25) is 0 Å². The topological polar surface area (TPSA) is 98.1 Å². The van der Waals surface area contributed by atoms with Gasteiger partial charge in [0.05, 0.1) is 18.2 Å². The minimum Gasteiger partial charge on any atom is -0.463 e. The molecule has 2 N–H and O–H groups in total. The van der Waals surface area contributed by atoms with E-state index in [9.17, 15) is 9.59 Å². The van der Waals surface area contributed by atoms with E-state index in [-0.39, 0.29) is 18.6 Å². The quantitative estimate of drug-likeness (QED) is 0.479. The minimum absolute atomic E-state index is 0.256. The van der Waals surface area contributed by atoms with Gasteiger partial charge >= 0.3 is 12.0 Å². The van der Waals surface area contributed by atoms with Gasteiger partial charge in [-0.25, -0.2) is 9.59 Å². The Hall–Kier alpha value is -2.81. The van der Waals surface area contributed by atoms with Gasteiger partial charge in [-0.15, -0.1) is 10.2 Å². The van der Waals surface area contributed by atoms with Gasteiger partial charge in [0.25, 0.3) is 0 Å². The van der Waals surface area contributed by atoms with Crippen molar-refractivity contribution in [2.45, 2.75) is 56.8 Å². The standard InChI is InChI=1S/C22H27N5O3S/c1-4-30-20(28)17-16(23-21(29)24-18(17)14-8-6-5-7-9-14)12-31-22-26-25-19(13(2)3)27(22)15-10-11-15/h5-9,13,15,18H,4,10-12H2,1-3H3,(H2,23,24,29). The highest BCUT2D eigenvalue weighted by Gasteiger charge is 2.35. The molecular weight excluding hydrogens is 414 g/mol. The molecule has 164 valence electrons. The summed E-state index contributed by atoms with van der Waals surface area (Å²) >= 11 is 1.48. The lowest BCUT2D eigenvalue weighted by molar-refractivity contribution is -0.139. The van der Waals surface area contributed by atoms with Crippen LogP contribution in [0.1, 0.15) is 63.0 Å². The van der Waals surface area contributed by atoms with Crippen LogP contribution in [0, 0.1) is 0 Å². The van der Waals surface area contributed by atoms with Crippen LogP contribution in [0.15, 0.2) is 46.8 Å². The predicted octanol–water partition coefficient (Wildman–Crippen LogP) is 3.70. The summed E-state index contributed by atoms with van der Waals surface area (Å²) in [6, 6.07) is 8.96. The molecule has 31 heavy (non-hydrogen) atoms. The zero-order valence-corrected chi connectivity index (χ0v) is 18.7. The number of hydrogen-bond donors (Lipinski definition) is 2. The van der Waals surface area contributed by atoms with Crippen LogP contribution in [0.3, 0.4) is 0 Å². The largest absolute Gasteiger partial charge is 0.463 e. The highest BCUT2D eigenvalue weighted by molar-refractivity contribution is 7.99. The number of nitrogens with zero attached hydrogens (tertiary/aromatic N) is 3. The zero-order chi connectivity index (χ0) is 22.0. The van der Waals surface area contributed by atoms with Crippen LogP contribution >= 0.6 is 11.8 Å². The fraction of sp³-hybridized carbons (Fsp3) is 0.455. The lowest BCUT2D eigenvalue weighted by Crippen LogP contribution is -2.46. The molecule has 0 bridgehead atoms. The molecule has 2 amide bonds. The monoisotopic (exact) mass is 441 g/mol. The summed E-state index contributed by atoms with van der Waals surface area (Å²) in [6.45, 7) is 6.24. The van der Waals surface area contributed by atoms with E-state index in [1.165, 1.54) is 11.8 Å². The molecule has 2 aromatic rings. The summed E-state index contributed by atoms with van der Waals surface area (Å²) in [5, 5.41) is 15.3. The third-order valence-electron chi connectivity index (χ3n) is 5.25. The number of amides is 2. The summed E-state index contributed by atoms with van der Waals surface area (Å²) in [4.78, 5) is 25.3. The molecule has 2 heterocycles. The molecule has 1 atom stereocenters. The van der Waals surface area contributed by atoms with Crippen LogP contribution in [0.5, 0.6) is 0 Å². The van der Waals surface area contributed by atoms with Gasteiger partial charge in [0.2, 0.25) is 0 Å². The molecule has 1 aromatic heterocycles. The van der Waals surface area contributed by atoms with Crippen molar-refractivity contribution in [2.24, 2.45) is 0 Å². The molecule has 2 aliphatic rings. The predicted molar refractivity (Wildman–Crippen MR) is 118 cm³/mol. The number of thioether (sulfide) groups is 1. The molecule has 1 aliphatic heterocycles. The molecule has 1 aliphatic carbocycles. The number of esters is 1. The van der Waals surface area contributed by atoms with Gasteiger partial charge in [-0.2, -0.15) is 0 Å². The Bertz CT molecular complexity index is 998. The number of aromatic nitrogens is 3. The Balaban J connectivity index is 1.66. The first-order valence-corrected chi connectivity index (χ1v) is 11.6. The number of carbonyl (C=O) groups excluding carboxylic acids is 2. The number of benzene rings is 1. The summed E-state index contributed by atoms with van der Waals surface area (Å²) in [5.41, 5.74) is 1.78. The average molecular weight is 442 g/mol. The number of rotatable bonds is 8. The summed E-state index contributed by atoms with van der Waals surface area (Å²) in [6.07, 6.45) is 2.25. The van der Waals surface area contributed by atoms with Crippen molar-refractivity contribution in [3.63, 3.8) is 0 Å². The Labute approximate surface area is 185 Å². The number of ether oxygens (including phenoxy) is 1. The number of urea groups is 1. The van der Waals surface area contributed by atoms with E-state index in [2.05, 4.69) is 39.2 Å². The van der Waals surface area contributed by atoms with E-state index in [1.54, 1.807) is 6.92 Å². The highest BCUT2D eigenvalue weighted by atomic mass is 32.2. The average Bonchev–Trinajstić information content (AvgIpc) is 3.50. The van der Waals surface area contributed by atoms with Crippen LogP contribution in [-0.2, 0) is 9.53 Å². The van der Waals surface area contributed by atoms with Gasteiger partial charge in [-0.1, -0.05) is 55.9 Å². The van der Waals surface area contributed by atoms with Crippen LogP contribution in [0.4, 0.5) is 4.79 Å². The van der Waals surface area contributed by atoms with Crippen molar-refractivity contribution in [1.82, 2.24) is 25.4 Å². The maximum Gasteiger partial charge on any atom is 0.338 e. The highest BCUT2D eigenvalue weighted by Crippen LogP contribution is 2.40. The van der Waals surface area contributed by atoms with Crippen molar-refractivity contribution >= 4 is 23.8 Å². The number of carbonyl (C=O) groups is 2. The Morgan fingerprint density at radius 1 is 1.26 bits per heavy atom. The van der Waals surface area contributed by atoms with Crippen molar-refractivity contribution in [3.8, 4) is 0 Å². The smallest absolute Gasteiger partial charge is 0.338 e. The first-order valence-electron chi connectivity index (χ1n) is 10.6. The molecule has 1 aromatic carbocycles. The fourth-order valence-electron chi connectivity index (χ4n) is 3.67. The van der Waals surface area contributed by atoms with E-state index in [1.807, 2.05) is 30.3 Å². The first-order chi connectivity index (χ1) is 15.0. The van der Waals surface area contributed by atoms with Crippen molar-refractivity contribution < 1.29 is 14.3 Å². The van der Waals surface area contributed by atoms with Gasteiger partial charge in [0.1, 0.15) is 5.82 Å². The maximum absolute atomic E-state index is 12.9. The molecule has 1 fully saturated rings. The molecule has 9 heteroatoms. The summed E-state index contributed by atoms with van der Waals surface area (Å²) in [5.74, 6) is 1.19. The van der Waals surface area contributed by atoms with E-state index in [0.717, 1.165) is 29.4 Å². The van der Waals surface area contributed by atoms with Gasteiger partial charge in [0.15, 0.2) is 5.16 Å². The third kappa shape index (κ3) is 4.61. The third-order valence-corrected chi connectivity index (χ3v) is 6.22. The second kappa shape index (κ2) is 9.13. The van der Waals surface area contributed by atoms with Gasteiger partial charge in [-0.05, 0) is 25.3 Å². The summed E-state index contributed by atoms with van der Waals surface area (Å²) < 4.78 is 7.53. The fourth-order valence-corrected chi connectivity index (χ4v) is 4.65. The normalized spacial score (nSPS) is 18.7. The minimum atomic E-state index is -0.572. The SMILES string of the molecule is CCOC(=O)C1=C(CSc2nnc(C(C)C)n2C2CC2)NC(=O)NC1c1ccccc1. The van der Waals surface area contributed by atoms with E-state index < -0.39 is 12.0 Å². The Morgan fingerprint density at radius 3 is 2.65 bits per heavy atom. The lowest BCUT2D eigenvalue weighted by Gasteiger charge is -2.29. The molecule has 0 saturated heterocycles. The van der Waals surface area contributed by atoms with E-state index in [0.29, 0.717) is 23.1 Å². The second-order valence-electron chi connectivity index (χ2n) is 7.94. The van der Waals surface area contributed by atoms with Crippen molar-refractivity contribution in [2.75, 3.05) is 12.4 Å². The van der Waals surface area contributed by atoms with Crippen LogP contribution < -0.4 is 10.6 Å². The van der Waals surface area contributed by atoms with Crippen LogP contribution in [0.2, 0.25) is 0 Å².